The number of pyridine rings is 1. The second-order valence-electron chi connectivity index (χ2n) is 7.61. The fourth-order valence-electron chi connectivity index (χ4n) is 3.51. The van der Waals surface area contributed by atoms with Crippen LogP contribution in [0.2, 0.25) is 0 Å². The Hall–Kier alpha value is -4.13. The van der Waals surface area contributed by atoms with Crippen molar-refractivity contribution in [1.82, 2.24) is 9.88 Å². The van der Waals surface area contributed by atoms with Gasteiger partial charge in [0.15, 0.2) is 6.61 Å². The number of amides is 2. The van der Waals surface area contributed by atoms with Gasteiger partial charge in [0.25, 0.3) is 5.91 Å². The molecule has 1 aliphatic heterocycles. The van der Waals surface area contributed by atoms with Crippen LogP contribution in [0.5, 0.6) is 5.75 Å². The van der Waals surface area contributed by atoms with Gasteiger partial charge in [-0.15, -0.1) is 0 Å². The molecule has 2 heterocycles. The van der Waals surface area contributed by atoms with Gasteiger partial charge < -0.3 is 19.9 Å². The van der Waals surface area contributed by atoms with E-state index in [2.05, 4.69) is 15.2 Å². The molecule has 1 saturated heterocycles. The van der Waals surface area contributed by atoms with Gasteiger partial charge in [-0.1, -0.05) is 48.5 Å². The summed E-state index contributed by atoms with van der Waals surface area (Å²) in [5, 5.41) is 2.82. The minimum absolute atomic E-state index is 0.0203. The number of nitrogens with zero attached hydrogens (tertiary/aromatic N) is 3. The third-order valence-electron chi connectivity index (χ3n) is 5.30. The summed E-state index contributed by atoms with van der Waals surface area (Å²) < 4.78 is 5.56. The number of anilines is 2. The van der Waals surface area contributed by atoms with Gasteiger partial charge in [-0.05, 0) is 35.9 Å². The Bertz CT molecular complexity index is 1080. The van der Waals surface area contributed by atoms with Crippen LogP contribution in [-0.2, 0) is 9.59 Å². The van der Waals surface area contributed by atoms with Gasteiger partial charge in [0.1, 0.15) is 11.6 Å². The van der Waals surface area contributed by atoms with E-state index in [9.17, 15) is 9.59 Å². The first-order valence-electron chi connectivity index (χ1n) is 10.9. The first-order chi connectivity index (χ1) is 16.2. The van der Waals surface area contributed by atoms with Crippen LogP contribution in [0.4, 0.5) is 11.5 Å². The van der Waals surface area contributed by atoms with E-state index in [1.165, 1.54) is 6.08 Å². The Labute approximate surface area is 193 Å². The predicted octanol–water partition coefficient (Wildman–Crippen LogP) is 3.46. The molecule has 7 nitrogen and oxygen atoms in total. The molecule has 1 aliphatic rings. The number of para-hydroxylation sites is 1. The van der Waals surface area contributed by atoms with E-state index in [4.69, 9.17) is 4.74 Å². The van der Waals surface area contributed by atoms with Crippen molar-refractivity contribution in [2.75, 3.05) is 43.0 Å². The van der Waals surface area contributed by atoms with Crippen molar-refractivity contribution in [3.8, 4) is 5.75 Å². The summed E-state index contributed by atoms with van der Waals surface area (Å²) in [6, 6.07) is 22.7. The average Bonchev–Trinajstić information content (AvgIpc) is 2.88. The number of hydrogen-bond acceptors (Lipinski definition) is 5. The Morgan fingerprint density at radius 1 is 0.909 bits per heavy atom. The van der Waals surface area contributed by atoms with E-state index in [0.29, 0.717) is 37.6 Å². The van der Waals surface area contributed by atoms with E-state index < -0.39 is 0 Å². The van der Waals surface area contributed by atoms with Crippen LogP contribution in [0.1, 0.15) is 5.56 Å². The van der Waals surface area contributed by atoms with Crippen LogP contribution in [0, 0.1) is 0 Å². The van der Waals surface area contributed by atoms with Crippen molar-refractivity contribution in [1.29, 1.82) is 0 Å². The molecule has 7 heteroatoms. The third kappa shape index (κ3) is 6.43. The van der Waals surface area contributed by atoms with Crippen LogP contribution in [0.15, 0.2) is 85.1 Å². The van der Waals surface area contributed by atoms with Crippen LogP contribution >= 0.6 is 0 Å². The average molecular weight is 443 g/mol. The SMILES string of the molecule is O=C(/C=C/c1ccccc1)Nc1ccc(N2CCN(C(=O)COc3ccccc3)CC2)nc1. The molecule has 0 bridgehead atoms. The number of ether oxygens (including phenoxy) is 1. The largest absolute Gasteiger partial charge is 0.484 e. The van der Waals surface area contributed by atoms with Crippen molar-refractivity contribution in [2.45, 2.75) is 0 Å². The molecule has 4 rings (SSSR count). The summed E-state index contributed by atoms with van der Waals surface area (Å²) in [4.78, 5) is 33.0. The minimum atomic E-state index is -0.210. The molecule has 1 aromatic heterocycles. The summed E-state index contributed by atoms with van der Waals surface area (Å²) in [7, 11) is 0. The zero-order valence-corrected chi connectivity index (χ0v) is 18.3. The highest BCUT2D eigenvalue weighted by Crippen LogP contribution is 2.17. The topological polar surface area (TPSA) is 74.8 Å². The number of benzene rings is 2. The number of aromatic nitrogens is 1. The van der Waals surface area contributed by atoms with Crippen molar-refractivity contribution < 1.29 is 14.3 Å². The minimum Gasteiger partial charge on any atom is -0.484 e. The molecule has 168 valence electrons. The van der Waals surface area contributed by atoms with E-state index in [0.717, 1.165) is 11.4 Å². The molecule has 0 saturated carbocycles. The molecule has 1 fully saturated rings. The van der Waals surface area contributed by atoms with E-state index in [1.807, 2.05) is 77.7 Å². The normalized spacial score (nSPS) is 13.7. The number of carbonyl (C=O) groups is 2. The van der Waals surface area contributed by atoms with Crippen molar-refractivity contribution >= 4 is 29.4 Å². The molecule has 0 unspecified atom stereocenters. The van der Waals surface area contributed by atoms with Gasteiger partial charge in [-0.3, -0.25) is 9.59 Å². The molecular formula is C26H26N4O3. The van der Waals surface area contributed by atoms with E-state index in [1.54, 1.807) is 12.3 Å². The van der Waals surface area contributed by atoms with Crippen LogP contribution < -0.4 is 15.0 Å². The second kappa shape index (κ2) is 10.9. The monoisotopic (exact) mass is 442 g/mol. The molecule has 1 N–H and O–H groups in total. The summed E-state index contributed by atoms with van der Waals surface area (Å²) in [6.45, 7) is 2.64. The molecule has 0 aliphatic carbocycles. The quantitative estimate of drug-likeness (QED) is 0.567. The maximum Gasteiger partial charge on any atom is 0.260 e. The van der Waals surface area contributed by atoms with Crippen molar-refractivity contribution in [2.24, 2.45) is 0 Å². The fourth-order valence-corrected chi connectivity index (χ4v) is 3.51. The first kappa shape index (κ1) is 22.1. The van der Waals surface area contributed by atoms with Crippen LogP contribution in [0.3, 0.4) is 0 Å². The molecule has 2 aromatic carbocycles. The summed E-state index contributed by atoms with van der Waals surface area (Å²) in [6.07, 6.45) is 4.92. The standard InChI is InChI=1S/C26H26N4O3/c31-25(14-11-21-7-3-1-4-8-21)28-22-12-13-24(27-19-22)29-15-17-30(18-16-29)26(32)20-33-23-9-5-2-6-10-23/h1-14,19H,15-18,20H2,(H,28,31)/b14-11+. The zero-order valence-electron chi connectivity index (χ0n) is 18.3. The zero-order chi connectivity index (χ0) is 22.9. The maximum absolute atomic E-state index is 12.4. The number of rotatable bonds is 7. The first-order valence-corrected chi connectivity index (χ1v) is 10.9. The lowest BCUT2D eigenvalue weighted by atomic mass is 10.2. The van der Waals surface area contributed by atoms with Gasteiger partial charge in [0, 0.05) is 32.3 Å². The molecular weight excluding hydrogens is 416 g/mol. The van der Waals surface area contributed by atoms with Gasteiger partial charge in [-0.2, -0.15) is 0 Å². The van der Waals surface area contributed by atoms with Crippen molar-refractivity contribution in [3.63, 3.8) is 0 Å². The highest BCUT2D eigenvalue weighted by Gasteiger charge is 2.22. The lowest BCUT2D eigenvalue weighted by Gasteiger charge is -2.35. The van der Waals surface area contributed by atoms with Crippen LogP contribution in [0.25, 0.3) is 6.08 Å². The maximum atomic E-state index is 12.4. The second-order valence-corrected chi connectivity index (χ2v) is 7.61. The molecule has 3 aromatic rings. The molecule has 2 amide bonds. The lowest BCUT2D eigenvalue weighted by Crippen LogP contribution is -2.50. The Morgan fingerprint density at radius 3 is 2.27 bits per heavy atom. The molecule has 0 spiro atoms. The number of nitrogens with one attached hydrogen (secondary N) is 1. The van der Waals surface area contributed by atoms with Crippen molar-refractivity contribution in [3.05, 3.63) is 90.6 Å². The van der Waals surface area contributed by atoms with Gasteiger partial charge in [0.2, 0.25) is 5.91 Å². The smallest absolute Gasteiger partial charge is 0.260 e. The number of piperazine rings is 1. The molecule has 0 radical (unpaired) electrons. The number of carbonyl (C=O) groups excluding carboxylic acids is 2. The number of hydrogen-bond donors (Lipinski definition) is 1. The van der Waals surface area contributed by atoms with E-state index in [-0.39, 0.29) is 18.4 Å². The van der Waals surface area contributed by atoms with Crippen LogP contribution in [-0.4, -0.2) is 54.5 Å². The Morgan fingerprint density at radius 2 is 1.61 bits per heavy atom. The summed E-state index contributed by atoms with van der Waals surface area (Å²) >= 11 is 0. The van der Waals surface area contributed by atoms with Gasteiger partial charge in [-0.25, -0.2) is 4.98 Å². The third-order valence-corrected chi connectivity index (χ3v) is 5.30. The lowest BCUT2D eigenvalue weighted by molar-refractivity contribution is -0.133. The molecule has 0 atom stereocenters. The highest BCUT2D eigenvalue weighted by molar-refractivity contribution is 6.01. The fraction of sp³-hybridized carbons (Fsp3) is 0.192. The van der Waals surface area contributed by atoms with Gasteiger partial charge >= 0.3 is 0 Å². The molecule has 33 heavy (non-hydrogen) atoms. The summed E-state index contributed by atoms with van der Waals surface area (Å²) in [5.41, 5.74) is 1.60. The summed E-state index contributed by atoms with van der Waals surface area (Å²) in [5.74, 6) is 1.28. The Kier molecular flexibility index (Phi) is 7.33. The van der Waals surface area contributed by atoms with E-state index >= 15 is 0 Å². The highest BCUT2D eigenvalue weighted by atomic mass is 16.5. The predicted molar refractivity (Wildman–Crippen MR) is 129 cm³/mol. The van der Waals surface area contributed by atoms with Gasteiger partial charge in [0.05, 0.1) is 11.9 Å². The Balaban J connectivity index is 1.23.